The first-order valence-electron chi connectivity index (χ1n) is 5.85. The maximum atomic E-state index is 12.5. The van der Waals surface area contributed by atoms with Gasteiger partial charge < -0.3 is 0 Å². The predicted molar refractivity (Wildman–Crippen MR) is 69.0 cm³/mol. The molecule has 4 nitrogen and oxygen atoms in total. The lowest BCUT2D eigenvalue weighted by Gasteiger charge is -2.23. The number of hydrogen-bond acceptors (Lipinski definition) is 3. The highest BCUT2D eigenvalue weighted by Crippen LogP contribution is 2.24. The molecule has 0 bridgehead atoms. The van der Waals surface area contributed by atoms with Crippen LogP contribution in [-0.4, -0.2) is 37.0 Å². The van der Waals surface area contributed by atoms with E-state index in [-0.39, 0.29) is 16.6 Å². The molecular formula is C11H14ClF3N2O2S. The number of unbranched alkanes of at least 4 members (excludes halogenated alkanes) is 1. The summed E-state index contributed by atoms with van der Waals surface area (Å²) in [6.07, 6.45) is -2.53. The average molecular weight is 331 g/mol. The largest absolute Gasteiger partial charge is 0.402 e. The van der Waals surface area contributed by atoms with E-state index in [0.717, 1.165) is 18.3 Å². The van der Waals surface area contributed by atoms with Gasteiger partial charge in [-0.1, -0.05) is 24.9 Å². The highest BCUT2D eigenvalue weighted by Gasteiger charge is 2.36. The van der Waals surface area contributed by atoms with E-state index in [4.69, 9.17) is 11.6 Å². The van der Waals surface area contributed by atoms with Crippen LogP contribution in [0.2, 0.25) is 5.15 Å². The fourth-order valence-corrected chi connectivity index (χ4v) is 3.23. The van der Waals surface area contributed by atoms with Crippen LogP contribution < -0.4 is 0 Å². The topological polar surface area (TPSA) is 50.3 Å². The van der Waals surface area contributed by atoms with Crippen LogP contribution in [0.25, 0.3) is 0 Å². The third-order valence-corrected chi connectivity index (χ3v) is 4.50. The molecule has 0 unspecified atom stereocenters. The van der Waals surface area contributed by atoms with Crippen molar-refractivity contribution in [2.75, 3.05) is 13.1 Å². The molecule has 1 rings (SSSR count). The number of alkyl halides is 3. The van der Waals surface area contributed by atoms with Gasteiger partial charge >= 0.3 is 6.18 Å². The van der Waals surface area contributed by atoms with Gasteiger partial charge in [-0.2, -0.15) is 17.5 Å². The molecule has 0 aliphatic rings. The fraction of sp³-hybridized carbons (Fsp3) is 0.545. The molecule has 0 spiro atoms. The number of pyridine rings is 1. The molecule has 0 aliphatic carbocycles. The molecule has 0 saturated heterocycles. The molecule has 0 radical (unpaired) electrons. The van der Waals surface area contributed by atoms with Crippen LogP contribution in [0.3, 0.4) is 0 Å². The van der Waals surface area contributed by atoms with Crippen LogP contribution >= 0.6 is 11.6 Å². The van der Waals surface area contributed by atoms with Crippen molar-refractivity contribution in [1.29, 1.82) is 0 Å². The molecule has 114 valence electrons. The summed E-state index contributed by atoms with van der Waals surface area (Å²) < 4.78 is 62.4. The van der Waals surface area contributed by atoms with Gasteiger partial charge in [-0.15, -0.1) is 0 Å². The number of halogens is 4. The maximum Gasteiger partial charge on any atom is 0.402 e. The Labute approximate surface area is 120 Å². The van der Waals surface area contributed by atoms with Crippen molar-refractivity contribution >= 4 is 21.6 Å². The first kappa shape index (κ1) is 17.2. The van der Waals surface area contributed by atoms with E-state index in [1.54, 1.807) is 6.92 Å². The van der Waals surface area contributed by atoms with Gasteiger partial charge in [0.15, 0.2) is 0 Å². The third kappa shape index (κ3) is 4.92. The lowest BCUT2D eigenvalue weighted by Crippen LogP contribution is -2.39. The first-order chi connectivity index (χ1) is 9.16. The van der Waals surface area contributed by atoms with Gasteiger partial charge in [-0.05, 0) is 18.6 Å². The summed E-state index contributed by atoms with van der Waals surface area (Å²) in [6.45, 7) is 0.0508. The summed E-state index contributed by atoms with van der Waals surface area (Å²) in [5, 5.41) is -0.0893. The molecule has 0 N–H and O–H groups in total. The summed E-state index contributed by atoms with van der Waals surface area (Å²) >= 11 is 5.58. The van der Waals surface area contributed by atoms with Crippen LogP contribution in [0, 0.1) is 0 Å². The van der Waals surface area contributed by atoms with Gasteiger partial charge in [0.1, 0.15) is 11.7 Å². The highest BCUT2D eigenvalue weighted by molar-refractivity contribution is 7.89. The van der Waals surface area contributed by atoms with Gasteiger partial charge in [-0.3, -0.25) is 0 Å². The van der Waals surface area contributed by atoms with E-state index in [2.05, 4.69) is 4.98 Å². The van der Waals surface area contributed by atoms with Crippen LogP contribution in [0.5, 0.6) is 0 Å². The molecular weight excluding hydrogens is 317 g/mol. The number of aromatic nitrogens is 1. The summed E-state index contributed by atoms with van der Waals surface area (Å²) in [6, 6.07) is 2.16. The normalized spacial score (nSPS) is 12.9. The molecule has 20 heavy (non-hydrogen) atoms. The average Bonchev–Trinajstić information content (AvgIpc) is 2.33. The highest BCUT2D eigenvalue weighted by atomic mass is 35.5. The molecule has 0 fully saturated rings. The Morgan fingerprint density at radius 2 is 2.05 bits per heavy atom. The van der Waals surface area contributed by atoms with Crippen molar-refractivity contribution < 1.29 is 21.6 Å². The quantitative estimate of drug-likeness (QED) is 0.753. The lowest BCUT2D eigenvalue weighted by atomic mass is 10.3. The summed E-state index contributed by atoms with van der Waals surface area (Å²) in [5.74, 6) is 0. The minimum absolute atomic E-state index is 0.0893. The van der Waals surface area contributed by atoms with Gasteiger partial charge in [0, 0.05) is 12.7 Å². The van der Waals surface area contributed by atoms with E-state index in [1.807, 2.05) is 0 Å². The zero-order valence-corrected chi connectivity index (χ0v) is 12.3. The van der Waals surface area contributed by atoms with E-state index in [0.29, 0.717) is 17.1 Å². The van der Waals surface area contributed by atoms with Crippen molar-refractivity contribution in [1.82, 2.24) is 9.29 Å². The minimum Gasteiger partial charge on any atom is -0.244 e. The second kappa shape index (κ2) is 6.73. The standard InChI is InChI=1S/C11H14ClF3N2O2S/c1-2-3-6-17(8-11(13,14)15)20(18,19)9-4-5-16-10(12)7-9/h4-5,7H,2-3,6,8H2,1H3. The van der Waals surface area contributed by atoms with E-state index < -0.39 is 22.7 Å². The maximum absolute atomic E-state index is 12.5. The van der Waals surface area contributed by atoms with Crippen molar-refractivity contribution in [3.63, 3.8) is 0 Å². The van der Waals surface area contributed by atoms with Gasteiger partial charge in [0.05, 0.1) is 4.90 Å². The number of nitrogens with zero attached hydrogens (tertiary/aromatic N) is 2. The Balaban J connectivity index is 3.10. The monoisotopic (exact) mass is 330 g/mol. The Bertz CT molecular complexity index is 549. The predicted octanol–water partition coefficient (Wildman–Crippen LogP) is 3.09. The van der Waals surface area contributed by atoms with Crippen LogP contribution in [0.4, 0.5) is 13.2 Å². The second-order valence-corrected chi connectivity index (χ2v) is 6.45. The van der Waals surface area contributed by atoms with Crippen LogP contribution in [-0.2, 0) is 10.0 Å². The number of rotatable bonds is 6. The third-order valence-electron chi connectivity index (χ3n) is 2.45. The van der Waals surface area contributed by atoms with Gasteiger partial charge in [0.2, 0.25) is 10.0 Å². The van der Waals surface area contributed by atoms with Gasteiger partial charge in [0.25, 0.3) is 0 Å². The number of hydrogen-bond donors (Lipinski definition) is 0. The molecule has 0 atom stereocenters. The summed E-state index contributed by atoms with van der Waals surface area (Å²) in [4.78, 5) is 3.32. The smallest absolute Gasteiger partial charge is 0.244 e. The molecule has 1 aromatic rings. The Morgan fingerprint density at radius 1 is 1.40 bits per heavy atom. The Morgan fingerprint density at radius 3 is 2.55 bits per heavy atom. The summed E-state index contributed by atoms with van der Waals surface area (Å²) in [7, 11) is -4.24. The molecule has 0 aromatic carbocycles. The lowest BCUT2D eigenvalue weighted by molar-refractivity contribution is -0.136. The first-order valence-corrected chi connectivity index (χ1v) is 7.67. The minimum atomic E-state index is -4.60. The van der Waals surface area contributed by atoms with E-state index in [9.17, 15) is 21.6 Å². The summed E-state index contributed by atoms with van der Waals surface area (Å²) in [5.41, 5.74) is 0. The fourth-order valence-electron chi connectivity index (χ4n) is 1.51. The van der Waals surface area contributed by atoms with E-state index >= 15 is 0 Å². The Kier molecular flexibility index (Phi) is 5.79. The van der Waals surface area contributed by atoms with Crippen molar-refractivity contribution in [2.24, 2.45) is 0 Å². The van der Waals surface area contributed by atoms with Crippen molar-refractivity contribution in [3.8, 4) is 0 Å². The van der Waals surface area contributed by atoms with Crippen LogP contribution in [0.1, 0.15) is 19.8 Å². The van der Waals surface area contributed by atoms with Crippen LogP contribution in [0.15, 0.2) is 23.2 Å². The molecule has 0 amide bonds. The van der Waals surface area contributed by atoms with Gasteiger partial charge in [-0.25, -0.2) is 13.4 Å². The molecule has 9 heteroatoms. The molecule has 1 aromatic heterocycles. The molecule has 0 saturated carbocycles. The zero-order chi connectivity index (χ0) is 15.4. The molecule has 0 aliphatic heterocycles. The van der Waals surface area contributed by atoms with Crippen molar-refractivity contribution in [2.45, 2.75) is 30.8 Å². The Hall–Kier alpha value is -0.860. The molecule has 1 heterocycles. The van der Waals surface area contributed by atoms with E-state index in [1.165, 1.54) is 0 Å². The SMILES string of the molecule is CCCCN(CC(F)(F)F)S(=O)(=O)c1ccnc(Cl)c1. The van der Waals surface area contributed by atoms with Crippen molar-refractivity contribution in [3.05, 3.63) is 23.5 Å². The second-order valence-electron chi connectivity index (χ2n) is 4.12. The number of sulfonamides is 1. The zero-order valence-electron chi connectivity index (χ0n) is 10.7.